The Kier molecular flexibility index (Phi) is 4.65. The Morgan fingerprint density at radius 2 is 2.39 bits per heavy atom. The Bertz CT molecular complexity index is 453. The van der Waals surface area contributed by atoms with E-state index < -0.39 is 0 Å². The van der Waals surface area contributed by atoms with Gasteiger partial charge in [-0.1, -0.05) is 11.6 Å². The molecule has 0 radical (unpaired) electrons. The number of likely N-dealkylation sites (tertiary alicyclic amines) is 1. The zero-order valence-electron chi connectivity index (χ0n) is 10.2. The lowest BCUT2D eigenvalue weighted by molar-refractivity contribution is 0.0787. The summed E-state index contributed by atoms with van der Waals surface area (Å²) in [6.07, 6.45) is 1.07. The average Bonchev–Trinajstić information content (AvgIpc) is 2.81. The van der Waals surface area contributed by atoms with E-state index in [2.05, 4.69) is 21.2 Å². The number of carbonyl (C=O) groups is 1. The zero-order chi connectivity index (χ0) is 13.1. The van der Waals surface area contributed by atoms with Gasteiger partial charge in [0, 0.05) is 23.1 Å². The van der Waals surface area contributed by atoms with E-state index in [1.807, 2.05) is 24.1 Å². The molecule has 98 valence electrons. The van der Waals surface area contributed by atoms with Gasteiger partial charge in [0.25, 0.3) is 5.91 Å². The molecule has 0 aliphatic carbocycles. The highest BCUT2D eigenvalue weighted by Crippen LogP contribution is 2.25. The molecule has 2 rings (SSSR count). The van der Waals surface area contributed by atoms with E-state index >= 15 is 0 Å². The van der Waals surface area contributed by atoms with Crippen molar-refractivity contribution in [2.45, 2.75) is 6.42 Å². The fraction of sp³-hybridized carbons (Fsp3) is 0.462. The third kappa shape index (κ3) is 3.05. The van der Waals surface area contributed by atoms with E-state index in [1.165, 1.54) is 0 Å². The minimum atomic E-state index is 0.0722. The largest absolute Gasteiger partial charge is 0.338 e. The van der Waals surface area contributed by atoms with Crippen LogP contribution in [0.25, 0.3) is 0 Å². The number of amides is 1. The second-order valence-corrected chi connectivity index (χ2v) is 5.85. The summed E-state index contributed by atoms with van der Waals surface area (Å²) in [7, 11) is 1.94. The summed E-state index contributed by atoms with van der Waals surface area (Å²) < 4.78 is 0.815. The standard InChI is InChI=1S/C13H16BrClN2O/c1-16-7-9-4-5-17(8-9)13(18)10-2-3-11(14)12(15)6-10/h2-3,6,9,16H,4-5,7-8H2,1H3. The quantitative estimate of drug-likeness (QED) is 0.924. The van der Waals surface area contributed by atoms with Gasteiger partial charge in [-0.15, -0.1) is 0 Å². The van der Waals surface area contributed by atoms with Crippen LogP contribution in [0.5, 0.6) is 0 Å². The maximum atomic E-state index is 12.3. The molecule has 1 saturated heterocycles. The highest BCUT2D eigenvalue weighted by Gasteiger charge is 2.26. The first kappa shape index (κ1) is 13.8. The van der Waals surface area contributed by atoms with Crippen LogP contribution in [0, 0.1) is 5.92 Å². The SMILES string of the molecule is CNCC1CCN(C(=O)c2ccc(Br)c(Cl)c2)C1. The minimum absolute atomic E-state index is 0.0722. The number of benzene rings is 1. The third-order valence-corrected chi connectivity index (χ3v) is 4.46. The van der Waals surface area contributed by atoms with Crippen LogP contribution in [-0.2, 0) is 0 Å². The van der Waals surface area contributed by atoms with Gasteiger partial charge in [-0.2, -0.15) is 0 Å². The maximum absolute atomic E-state index is 12.3. The Balaban J connectivity index is 2.05. The predicted molar refractivity (Wildman–Crippen MR) is 77.1 cm³/mol. The normalized spacial score (nSPS) is 19.3. The van der Waals surface area contributed by atoms with E-state index in [4.69, 9.17) is 11.6 Å². The van der Waals surface area contributed by atoms with Crippen LogP contribution in [0.4, 0.5) is 0 Å². The van der Waals surface area contributed by atoms with Crippen molar-refractivity contribution in [3.8, 4) is 0 Å². The molecule has 1 aliphatic rings. The summed E-state index contributed by atoms with van der Waals surface area (Å²) in [4.78, 5) is 14.2. The van der Waals surface area contributed by atoms with Crippen molar-refractivity contribution >= 4 is 33.4 Å². The van der Waals surface area contributed by atoms with Crippen LogP contribution in [0.1, 0.15) is 16.8 Å². The molecule has 3 nitrogen and oxygen atoms in total. The fourth-order valence-corrected chi connectivity index (χ4v) is 2.71. The number of halogens is 2. The van der Waals surface area contributed by atoms with Crippen molar-refractivity contribution in [3.63, 3.8) is 0 Å². The summed E-state index contributed by atoms with van der Waals surface area (Å²) >= 11 is 9.34. The summed E-state index contributed by atoms with van der Waals surface area (Å²) in [6, 6.07) is 5.35. The molecule has 0 saturated carbocycles. The number of rotatable bonds is 3. The molecule has 1 aromatic carbocycles. The second kappa shape index (κ2) is 6.04. The number of nitrogens with one attached hydrogen (secondary N) is 1. The van der Waals surface area contributed by atoms with Gasteiger partial charge in [0.1, 0.15) is 0 Å². The number of hydrogen-bond acceptors (Lipinski definition) is 2. The second-order valence-electron chi connectivity index (χ2n) is 4.59. The molecule has 1 heterocycles. The zero-order valence-corrected chi connectivity index (χ0v) is 12.6. The number of carbonyl (C=O) groups excluding carboxylic acids is 1. The molecule has 0 aromatic heterocycles. The van der Waals surface area contributed by atoms with Crippen LogP contribution in [0.15, 0.2) is 22.7 Å². The van der Waals surface area contributed by atoms with Gasteiger partial charge < -0.3 is 10.2 Å². The summed E-state index contributed by atoms with van der Waals surface area (Å²) in [5.74, 6) is 0.632. The first-order valence-electron chi connectivity index (χ1n) is 6.00. The van der Waals surface area contributed by atoms with Gasteiger partial charge in [-0.05, 0) is 60.1 Å². The van der Waals surface area contributed by atoms with Gasteiger partial charge >= 0.3 is 0 Å². The Morgan fingerprint density at radius 3 is 3.06 bits per heavy atom. The Labute approximate surface area is 121 Å². The molecule has 1 atom stereocenters. The van der Waals surface area contributed by atoms with Crippen molar-refractivity contribution in [2.24, 2.45) is 5.92 Å². The molecule has 1 fully saturated rings. The Morgan fingerprint density at radius 1 is 1.61 bits per heavy atom. The summed E-state index contributed by atoms with van der Waals surface area (Å²) in [6.45, 7) is 2.62. The van der Waals surface area contributed by atoms with Gasteiger partial charge in [0.2, 0.25) is 0 Å². The molecule has 1 N–H and O–H groups in total. The van der Waals surface area contributed by atoms with Crippen molar-refractivity contribution in [1.29, 1.82) is 0 Å². The molecular formula is C13H16BrClN2O. The molecule has 1 amide bonds. The minimum Gasteiger partial charge on any atom is -0.338 e. The monoisotopic (exact) mass is 330 g/mol. The molecule has 0 bridgehead atoms. The first-order valence-corrected chi connectivity index (χ1v) is 7.18. The van der Waals surface area contributed by atoms with Gasteiger partial charge in [0.15, 0.2) is 0 Å². The van der Waals surface area contributed by atoms with Gasteiger partial charge in [-0.25, -0.2) is 0 Å². The average molecular weight is 332 g/mol. The maximum Gasteiger partial charge on any atom is 0.253 e. The molecule has 5 heteroatoms. The highest BCUT2D eigenvalue weighted by molar-refractivity contribution is 9.10. The molecule has 18 heavy (non-hydrogen) atoms. The van der Waals surface area contributed by atoms with Crippen LogP contribution in [0.2, 0.25) is 5.02 Å². The van der Waals surface area contributed by atoms with Crippen molar-refractivity contribution < 1.29 is 4.79 Å². The summed E-state index contributed by atoms with van der Waals surface area (Å²) in [5.41, 5.74) is 0.660. The smallest absolute Gasteiger partial charge is 0.253 e. The lowest BCUT2D eigenvalue weighted by Gasteiger charge is -2.17. The first-order chi connectivity index (χ1) is 8.61. The van der Waals surface area contributed by atoms with Crippen molar-refractivity contribution in [2.75, 3.05) is 26.7 Å². The van der Waals surface area contributed by atoms with Crippen molar-refractivity contribution in [3.05, 3.63) is 33.3 Å². The highest BCUT2D eigenvalue weighted by atomic mass is 79.9. The lowest BCUT2D eigenvalue weighted by atomic mass is 10.1. The predicted octanol–water partition coefficient (Wildman–Crippen LogP) is 2.78. The third-order valence-electron chi connectivity index (χ3n) is 3.23. The van der Waals surface area contributed by atoms with Crippen molar-refractivity contribution in [1.82, 2.24) is 10.2 Å². The number of nitrogens with zero attached hydrogens (tertiary/aromatic N) is 1. The molecule has 0 spiro atoms. The van der Waals surface area contributed by atoms with Gasteiger partial charge in [-0.3, -0.25) is 4.79 Å². The molecular weight excluding hydrogens is 316 g/mol. The van der Waals surface area contributed by atoms with Crippen LogP contribution >= 0.6 is 27.5 Å². The van der Waals surface area contributed by atoms with Crippen LogP contribution in [-0.4, -0.2) is 37.5 Å². The van der Waals surface area contributed by atoms with Crippen LogP contribution in [0.3, 0.4) is 0 Å². The molecule has 1 aromatic rings. The lowest BCUT2D eigenvalue weighted by Crippen LogP contribution is -2.30. The van der Waals surface area contributed by atoms with E-state index in [0.29, 0.717) is 16.5 Å². The fourth-order valence-electron chi connectivity index (χ4n) is 2.28. The van der Waals surface area contributed by atoms with E-state index in [0.717, 1.165) is 30.5 Å². The summed E-state index contributed by atoms with van der Waals surface area (Å²) in [5, 5.41) is 3.74. The Hall–Kier alpha value is -0.580. The van der Waals surface area contributed by atoms with Gasteiger partial charge in [0.05, 0.1) is 5.02 Å². The topological polar surface area (TPSA) is 32.3 Å². The van der Waals surface area contributed by atoms with Crippen LogP contribution < -0.4 is 5.32 Å². The molecule has 1 unspecified atom stereocenters. The van der Waals surface area contributed by atoms with E-state index in [-0.39, 0.29) is 5.91 Å². The van der Waals surface area contributed by atoms with E-state index in [9.17, 15) is 4.79 Å². The number of hydrogen-bond donors (Lipinski definition) is 1. The van der Waals surface area contributed by atoms with E-state index in [1.54, 1.807) is 6.07 Å². The molecule has 1 aliphatic heterocycles.